The summed E-state index contributed by atoms with van der Waals surface area (Å²) in [6, 6.07) is 8.17. The van der Waals surface area contributed by atoms with Crippen LogP contribution in [-0.4, -0.2) is 56.7 Å². The topological polar surface area (TPSA) is 83.5 Å². The Hall–Kier alpha value is -3.20. The van der Waals surface area contributed by atoms with E-state index in [0.717, 1.165) is 12.2 Å². The Morgan fingerprint density at radius 1 is 1.21 bits per heavy atom. The number of benzene rings is 1. The van der Waals surface area contributed by atoms with Crippen molar-refractivity contribution >= 4 is 46.1 Å². The molecule has 2 aliphatic rings. The number of pyridine rings is 1. The van der Waals surface area contributed by atoms with E-state index < -0.39 is 11.4 Å². The molecule has 1 N–H and O–H groups in total. The van der Waals surface area contributed by atoms with Crippen molar-refractivity contribution in [3.63, 3.8) is 0 Å². The molecule has 10 heteroatoms. The molecule has 2 saturated heterocycles. The molecule has 0 saturated carbocycles. The van der Waals surface area contributed by atoms with Crippen molar-refractivity contribution in [3.05, 3.63) is 47.5 Å². The number of carbonyl (C=O) groups is 1. The number of amides is 1. The SMILES string of the molecule is CC(C)(C)OC(=O)N1CCC12CN(c1ccc3ncnc(Nc4ccc(F)c(Cl)c4)c3n1)C2. The molecule has 1 spiro atoms. The van der Waals surface area contributed by atoms with E-state index >= 15 is 0 Å². The highest BCUT2D eigenvalue weighted by Gasteiger charge is 2.56. The second-order valence-corrected chi connectivity index (χ2v) is 9.88. The summed E-state index contributed by atoms with van der Waals surface area (Å²) in [5.41, 5.74) is 1.15. The lowest BCUT2D eigenvalue weighted by Gasteiger charge is -2.62. The number of carbonyl (C=O) groups excluding carboxylic acids is 1. The van der Waals surface area contributed by atoms with Gasteiger partial charge in [0.25, 0.3) is 0 Å². The summed E-state index contributed by atoms with van der Waals surface area (Å²) >= 11 is 5.90. The molecule has 0 atom stereocenters. The van der Waals surface area contributed by atoms with Crippen LogP contribution in [0.5, 0.6) is 0 Å². The van der Waals surface area contributed by atoms with Gasteiger partial charge in [-0.05, 0) is 57.5 Å². The van der Waals surface area contributed by atoms with Gasteiger partial charge in [0.1, 0.15) is 29.1 Å². The monoisotopic (exact) mass is 470 g/mol. The van der Waals surface area contributed by atoms with Crippen LogP contribution in [0, 0.1) is 5.82 Å². The Balaban J connectivity index is 1.35. The summed E-state index contributed by atoms with van der Waals surface area (Å²) in [6.07, 6.45) is 2.12. The zero-order valence-electron chi connectivity index (χ0n) is 18.6. The minimum absolute atomic E-state index is 0.0212. The van der Waals surface area contributed by atoms with Crippen molar-refractivity contribution in [3.8, 4) is 0 Å². The third-order valence-electron chi connectivity index (χ3n) is 5.93. The molecule has 2 aliphatic heterocycles. The third kappa shape index (κ3) is 4.01. The first-order valence-corrected chi connectivity index (χ1v) is 11.1. The first kappa shape index (κ1) is 21.6. The Kier molecular flexibility index (Phi) is 5.04. The minimum Gasteiger partial charge on any atom is -0.444 e. The largest absolute Gasteiger partial charge is 0.444 e. The maximum absolute atomic E-state index is 13.5. The van der Waals surface area contributed by atoms with Crippen LogP contribution in [0.25, 0.3) is 11.0 Å². The Morgan fingerprint density at radius 2 is 2.00 bits per heavy atom. The molecule has 0 radical (unpaired) electrons. The lowest BCUT2D eigenvalue weighted by atomic mass is 9.78. The molecule has 0 bridgehead atoms. The van der Waals surface area contributed by atoms with Gasteiger partial charge in [-0.25, -0.2) is 24.1 Å². The van der Waals surface area contributed by atoms with Crippen LogP contribution in [-0.2, 0) is 4.74 Å². The maximum atomic E-state index is 13.5. The number of nitrogens with one attached hydrogen (secondary N) is 1. The standard InChI is InChI=1S/C23H24ClFN6O2/c1-22(2,3)33-21(32)31-9-8-23(31)11-30(12-23)18-7-6-17-19(29-18)20(27-13-26-17)28-14-4-5-16(25)15(24)10-14/h4-7,10,13H,8-9,11-12H2,1-3H3,(H,26,27,28). The highest BCUT2D eigenvalue weighted by Crippen LogP contribution is 2.42. The number of hydrogen-bond acceptors (Lipinski definition) is 7. The van der Waals surface area contributed by atoms with Gasteiger partial charge in [-0.2, -0.15) is 0 Å². The first-order chi connectivity index (χ1) is 15.6. The fraction of sp³-hybridized carbons (Fsp3) is 0.391. The number of ether oxygens (including phenoxy) is 1. The summed E-state index contributed by atoms with van der Waals surface area (Å²) in [4.78, 5) is 29.9. The lowest BCUT2D eigenvalue weighted by molar-refractivity contribution is -0.0562. The molecule has 33 heavy (non-hydrogen) atoms. The fourth-order valence-electron chi connectivity index (χ4n) is 4.20. The van der Waals surface area contributed by atoms with Crippen molar-refractivity contribution < 1.29 is 13.9 Å². The molecule has 2 aromatic heterocycles. The number of likely N-dealkylation sites (tertiary alicyclic amines) is 1. The van der Waals surface area contributed by atoms with Crippen LogP contribution in [0.1, 0.15) is 27.2 Å². The summed E-state index contributed by atoms with van der Waals surface area (Å²) in [6.45, 7) is 7.70. The molecular weight excluding hydrogens is 447 g/mol. The van der Waals surface area contributed by atoms with Gasteiger partial charge in [0.15, 0.2) is 5.82 Å². The van der Waals surface area contributed by atoms with Crippen molar-refractivity contribution in [2.75, 3.05) is 29.9 Å². The average molecular weight is 471 g/mol. The highest BCUT2D eigenvalue weighted by atomic mass is 35.5. The van der Waals surface area contributed by atoms with Gasteiger partial charge in [0.05, 0.1) is 16.1 Å². The van der Waals surface area contributed by atoms with Gasteiger partial charge >= 0.3 is 6.09 Å². The van der Waals surface area contributed by atoms with Gasteiger partial charge in [-0.15, -0.1) is 0 Å². The van der Waals surface area contributed by atoms with E-state index in [2.05, 4.69) is 20.2 Å². The Morgan fingerprint density at radius 3 is 2.67 bits per heavy atom. The van der Waals surface area contributed by atoms with E-state index in [1.54, 1.807) is 6.07 Å². The number of rotatable bonds is 3. The van der Waals surface area contributed by atoms with E-state index in [1.165, 1.54) is 18.5 Å². The van der Waals surface area contributed by atoms with E-state index in [1.807, 2.05) is 37.8 Å². The second kappa shape index (κ2) is 7.69. The Bertz CT molecular complexity index is 1240. The maximum Gasteiger partial charge on any atom is 0.410 e. The van der Waals surface area contributed by atoms with Gasteiger partial charge in [0.2, 0.25) is 0 Å². The van der Waals surface area contributed by atoms with Crippen LogP contribution >= 0.6 is 11.6 Å². The molecule has 172 valence electrons. The number of nitrogens with zero attached hydrogens (tertiary/aromatic N) is 5. The van der Waals surface area contributed by atoms with Crippen molar-refractivity contribution in [1.82, 2.24) is 19.9 Å². The molecule has 3 aromatic rings. The predicted molar refractivity (Wildman–Crippen MR) is 125 cm³/mol. The quantitative estimate of drug-likeness (QED) is 0.590. The summed E-state index contributed by atoms with van der Waals surface area (Å²) < 4.78 is 19.1. The molecule has 5 rings (SSSR count). The molecule has 1 aromatic carbocycles. The van der Waals surface area contributed by atoms with Gasteiger partial charge in [-0.1, -0.05) is 11.6 Å². The van der Waals surface area contributed by atoms with Crippen LogP contribution in [0.4, 0.5) is 26.5 Å². The van der Waals surface area contributed by atoms with Crippen LogP contribution in [0.3, 0.4) is 0 Å². The molecular formula is C23H24ClFN6O2. The predicted octanol–water partition coefficient (Wildman–Crippen LogP) is 4.76. The van der Waals surface area contributed by atoms with Gasteiger partial charge < -0.3 is 15.0 Å². The van der Waals surface area contributed by atoms with E-state index in [-0.39, 0.29) is 16.7 Å². The summed E-state index contributed by atoms with van der Waals surface area (Å²) in [7, 11) is 0. The van der Waals surface area contributed by atoms with Gasteiger partial charge in [-0.3, -0.25) is 4.90 Å². The summed E-state index contributed by atoms with van der Waals surface area (Å²) in [5.74, 6) is 0.788. The fourth-order valence-corrected chi connectivity index (χ4v) is 4.39. The van der Waals surface area contributed by atoms with E-state index in [9.17, 15) is 9.18 Å². The van der Waals surface area contributed by atoms with Gasteiger partial charge in [0, 0.05) is 25.3 Å². The number of aromatic nitrogens is 3. The van der Waals surface area contributed by atoms with Crippen LogP contribution in [0.15, 0.2) is 36.7 Å². The molecule has 1 amide bonds. The molecule has 4 heterocycles. The third-order valence-corrected chi connectivity index (χ3v) is 6.22. The Labute approximate surface area is 195 Å². The molecule has 2 fully saturated rings. The zero-order chi connectivity index (χ0) is 23.4. The van der Waals surface area contributed by atoms with E-state index in [0.29, 0.717) is 42.2 Å². The molecule has 0 unspecified atom stereocenters. The van der Waals surface area contributed by atoms with E-state index in [4.69, 9.17) is 21.3 Å². The smallest absolute Gasteiger partial charge is 0.410 e. The van der Waals surface area contributed by atoms with Crippen molar-refractivity contribution in [2.45, 2.75) is 38.3 Å². The number of anilines is 3. The second-order valence-electron chi connectivity index (χ2n) is 9.48. The molecule has 0 aliphatic carbocycles. The number of halogens is 2. The van der Waals surface area contributed by atoms with Crippen molar-refractivity contribution in [2.24, 2.45) is 0 Å². The number of fused-ring (bicyclic) bond motifs is 1. The zero-order valence-corrected chi connectivity index (χ0v) is 19.4. The van der Waals surface area contributed by atoms with Crippen LogP contribution < -0.4 is 10.2 Å². The highest BCUT2D eigenvalue weighted by molar-refractivity contribution is 6.31. The van der Waals surface area contributed by atoms with Crippen LogP contribution in [0.2, 0.25) is 5.02 Å². The normalized spacial score (nSPS) is 17.0. The molecule has 8 nitrogen and oxygen atoms in total. The summed E-state index contributed by atoms with van der Waals surface area (Å²) in [5, 5.41) is 3.17. The average Bonchev–Trinajstić information content (AvgIpc) is 2.68. The first-order valence-electron chi connectivity index (χ1n) is 10.7. The number of hydrogen-bond donors (Lipinski definition) is 1. The van der Waals surface area contributed by atoms with Crippen molar-refractivity contribution in [1.29, 1.82) is 0 Å². The lowest BCUT2D eigenvalue weighted by Crippen LogP contribution is -2.78. The minimum atomic E-state index is -0.519.